The minimum Gasteiger partial charge on any atom is -0.447 e. The van der Waals surface area contributed by atoms with E-state index in [-0.39, 0.29) is 41.8 Å². The molecule has 3 aliphatic rings. The van der Waals surface area contributed by atoms with Crippen molar-refractivity contribution in [2.24, 2.45) is 5.92 Å². The molecule has 5 heterocycles. The fourth-order valence-corrected chi connectivity index (χ4v) is 5.89. The van der Waals surface area contributed by atoms with Crippen molar-refractivity contribution >= 4 is 57.7 Å². The predicted molar refractivity (Wildman–Crippen MR) is 150 cm³/mol. The van der Waals surface area contributed by atoms with Gasteiger partial charge in [-0.15, -0.1) is 0 Å². The number of carbonyl (C=O) groups excluding carboxylic acids is 3. The molecular weight excluding hydrogens is 536 g/mol. The van der Waals surface area contributed by atoms with E-state index in [0.717, 1.165) is 44.6 Å². The number of morpholine rings is 1. The van der Waals surface area contributed by atoms with E-state index in [2.05, 4.69) is 20.5 Å². The van der Waals surface area contributed by atoms with Crippen LogP contribution in [0.5, 0.6) is 0 Å². The Labute approximate surface area is 236 Å². The monoisotopic (exact) mass is 566 g/mol. The molecule has 11 nitrogen and oxygen atoms in total. The van der Waals surface area contributed by atoms with Gasteiger partial charge in [0.05, 0.1) is 11.6 Å². The molecule has 210 valence electrons. The van der Waals surface area contributed by atoms with E-state index in [1.807, 2.05) is 11.0 Å². The highest BCUT2D eigenvalue weighted by molar-refractivity contribution is 6.30. The standard InChI is InChI=1S/C28H31ClN6O5/c29-18-5-9-21(30-15-18)31-28(38)26-25(24-20(40-26)8-10-22(32-24)34-11-1-2-12-34)33-27(37)17-3-6-19(7-4-17)35-13-14-39-16-23(35)36/h5,8-10,15,17,19H,1-4,6-7,11-14,16H2,(H,33,37)(H,30,31,38)/t17-,19-. The molecule has 3 amide bonds. The number of amides is 3. The first-order chi connectivity index (χ1) is 19.5. The van der Waals surface area contributed by atoms with Crippen LogP contribution < -0.4 is 15.5 Å². The fraction of sp³-hybridized carbons (Fsp3) is 0.464. The van der Waals surface area contributed by atoms with Crippen molar-refractivity contribution in [2.45, 2.75) is 44.6 Å². The van der Waals surface area contributed by atoms with Crippen molar-refractivity contribution in [2.75, 3.05) is 48.4 Å². The van der Waals surface area contributed by atoms with Crippen LogP contribution in [0.4, 0.5) is 17.3 Å². The molecule has 0 spiro atoms. The van der Waals surface area contributed by atoms with E-state index in [1.165, 1.54) is 6.20 Å². The summed E-state index contributed by atoms with van der Waals surface area (Å²) in [4.78, 5) is 52.1. The van der Waals surface area contributed by atoms with E-state index in [4.69, 9.17) is 25.7 Å². The minimum absolute atomic E-state index is 0.00901. The Morgan fingerprint density at radius 2 is 1.80 bits per heavy atom. The van der Waals surface area contributed by atoms with Crippen molar-refractivity contribution in [3.63, 3.8) is 0 Å². The number of hydrogen-bond acceptors (Lipinski definition) is 8. The van der Waals surface area contributed by atoms with Crippen LogP contribution in [0.2, 0.25) is 5.02 Å². The molecule has 0 atom stereocenters. The van der Waals surface area contributed by atoms with Gasteiger partial charge in [-0.25, -0.2) is 9.97 Å². The lowest BCUT2D eigenvalue weighted by atomic mass is 9.84. The summed E-state index contributed by atoms with van der Waals surface area (Å²) < 4.78 is 11.2. The Morgan fingerprint density at radius 1 is 1.00 bits per heavy atom. The van der Waals surface area contributed by atoms with Crippen LogP contribution in [0.25, 0.3) is 11.1 Å². The van der Waals surface area contributed by atoms with Crippen LogP contribution in [0, 0.1) is 5.92 Å². The summed E-state index contributed by atoms with van der Waals surface area (Å²) in [5.41, 5.74) is 1.08. The third kappa shape index (κ3) is 5.48. The summed E-state index contributed by atoms with van der Waals surface area (Å²) in [6, 6.07) is 6.99. The van der Waals surface area contributed by atoms with Crippen LogP contribution >= 0.6 is 11.6 Å². The van der Waals surface area contributed by atoms with Gasteiger partial charge in [0.15, 0.2) is 5.58 Å². The number of pyridine rings is 2. The van der Waals surface area contributed by atoms with Gasteiger partial charge >= 0.3 is 0 Å². The third-order valence-electron chi connectivity index (χ3n) is 7.90. The number of carbonyl (C=O) groups is 3. The summed E-state index contributed by atoms with van der Waals surface area (Å²) in [6.07, 6.45) is 6.37. The number of anilines is 3. The Balaban J connectivity index is 1.24. The number of nitrogens with zero attached hydrogens (tertiary/aromatic N) is 4. The molecule has 3 aromatic heterocycles. The zero-order chi connectivity index (χ0) is 27.6. The summed E-state index contributed by atoms with van der Waals surface area (Å²) in [6.45, 7) is 3.07. The van der Waals surface area contributed by atoms with Crippen molar-refractivity contribution < 1.29 is 23.5 Å². The van der Waals surface area contributed by atoms with E-state index in [1.54, 1.807) is 18.2 Å². The zero-order valence-corrected chi connectivity index (χ0v) is 22.8. The van der Waals surface area contributed by atoms with Gasteiger partial charge in [-0.3, -0.25) is 14.4 Å². The van der Waals surface area contributed by atoms with E-state index in [0.29, 0.717) is 47.9 Å². The highest BCUT2D eigenvalue weighted by atomic mass is 35.5. The van der Waals surface area contributed by atoms with Crippen LogP contribution in [0.15, 0.2) is 34.9 Å². The quantitative estimate of drug-likeness (QED) is 0.456. The number of aromatic nitrogens is 2. The molecule has 6 rings (SSSR count). The molecular formula is C28H31ClN6O5. The maximum Gasteiger partial charge on any atom is 0.294 e. The zero-order valence-electron chi connectivity index (χ0n) is 22.0. The van der Waals surface area contributed by atoms with Gasteiger partial charge in [-0.1, -0.05) is 11.6 Å². The summed E-state index contributed by atoms with van der Waals surface area (Å²) in [7, 11) is 0. The second-order valence-corrected chi connectivity index (χ2v) is 10.9. The number of ether oxygens (including phenoxy) is 1. The maximum absolute atomic E-state index is 13.5. The van der Waals surface area contributed by atoms with Crippen LogP contribution in [-0.2, 0) is 14.3 Å². The number of halogens is 1. The van der Waals surface area contributed by atoms with Crippen molar-refractivity contribution in [1.82, 2.24) is 14.9 Å². The molecule has 0 radical (unpaired) electrons. The predicted octanol–water partition coefficient (Wildman–Crippen LogP) is 4.08. The lowest BCUT2D eigenvalue weighted by molar-refractivity contribution is -0.146. The van der Waals surface area contributed by atoms with Gasteiger partial charge in [-0.05, 0) is 62.8 Å². The first kappa shape index (κ1) is 26.5. The van der Waals surface area contributed by atoms with Gasteiger partial charge in [0, 0.05) is 37.8 Å². The average Bonchev–Trinajstić information content (AvgIpc) is 3.63. The second-order valence-electron chi connectivity index (χ2n) is 10.5. The first-order valence-corrected chi connectivity index (χ1v) is 14.1. The van der Waals surface area contributed by atoms with Gasteiger partial charge in [-0.2, -0.15) is 0 Å². The molecule has 1 aliphatic carbocycles. The normalized spacial score (nSPS) is 21.6. The molecule has 0 bridgehead atoms. The maximum atomic E-state index is 13.5. The number of rotatable bonds is 6. The van der Waals surface area contributed by atoms with Crippen molar-refractivity contribution in [1.29, 1.82) is 0 Å². The first-order valence-electron chi connectivity index (χ1n) is 13.8. The summed E-state index contributed by atoms with van der Waals surface area (Å²) >= 11 is 5.93. The second kappa shape index (κ2) is 11.4. The lowest BCUT2D eigenvalue weighted by Gasteiger charge is -2.38. The minimum atomic E-state index is -0.555. The number of fused-ring (bicyclic) bond motifs is 1. The van der Waals surface area contributed by atoms with E-state index in [9.17, 15) is 14.4 Å². The Bertz CT molecular complexity index is 1410. The molecule has 40 heavy (non-hydrogen) atoms. The number of nitrogens with one attached hydrogen (secondary N) is 2. The SMILES string of the molecule is O=C(Nc1ccc(Cl)cn1)c1oc2ccc(N3CCCC3)nc2c1NC(=O)[C@H]1CC[C@H](N2CCOCC2=O)CC1. The fourth-order valence-electron chi connectivity index (χ4n) is 5.78. The molecule has 3 fully saturated rings. The Morgan fingerprint density at radius 3 is 2.52 bits per heavy atom. The third-order valence-corrected chi connectivity index (χ3v) is 8.13. The van der Waals surface area contributed by atoms with Gasteiger partial charge in [0.2, 0.25) is 17.6 Å². The molecule has 12 heteroatoms. The van der Waals surface area contributed by atoms with E-state index >= 15 is 0 Å². The highest BCUT2D eigenvalue weighted by Gasteiger charge is 2.34. The van der Waals surface area contributed by atoms with Crippen molar-refractivity contribution in [3.05, 3.63) is 41.2 Å². The lowest BCUT2D eigenvalue weighted by Crippen LogP contribution is -2.49. The van der Waals surface area contributed by atoms with Crippen LogP contribution in [0.3, 0.4) is 0 Å². The average molecular weight is 567 g/mol. The topological polar surface area (TPSA) is 130 Å². The van der Waals surface area contributed by atoms with E-state index < -0.39 is 5.91 Å². The van der Waals surface area contributed by atoms with Crippen molar-refractivity contribution in [3.8, 4) is 0 Å². The van der Waals surface area contributed by atoms with Gasteiger partial charge < -0.3 is 29.6 Å². The molecule has 3 aromatic rings. The summed E-state index contributed by atoms with van der Waals surface area (Å²) in [5, 5.41) is 6.14. The molecule has 2 aliphatic heterocycles. The van der Waals surface area contributed by atoms with Crippen LogP contribution in [-0.4, -0.2) is 71.5 Å². The molecule has 0 aromatic carbocycles. The Hall–Kier alpha value is -3.70. The molecule has 2 N–H and O–H groups in total. The summed E-state index contributed by atoms with van der Waals surface area (Å²) in [5.74, 6) is 0.0421. The van der Waals surface area contributed by atoms with Gasteiger partial charge in [0.25, 0.3) is 5.91 Å². The van der Waals surface area contributed by atoms with Gasteiger partial charge in [0.1, 0.15) is 29.4 Å². The van der Waals surface area contributed by atoms with Crippen LogP contribution in [0.1, 0.15) is 49.1 Å². The smallest absolute Gasteiger partial charge is 0.294 e. The number of hydrogen-bond donors (Lipinski definition) is 2. The largest absolute Gasteiger partial charge is 0.447 e. The number of furan rings is 1. The molecule has 1 saturated carbocycles. The Kier molecular flexibility index (Phi) is 7.57. The highest BCUT2D eigenvalue weighted by Crippen LogP contribution is 2.35. The molecule has 2 saturated heterocycles. The molecule has 0 unspecified atom stereocenters.